The molecule has 16 heavy (non-hydrogen) atoms. The second kappa shape index (κ2) is 4.35. The average Bonchev–Trinajstić information content (AvgIpc) is 2.75. The van der Waals surface area contributed by atoms with Crippen molar-refractivity contribution in [1.82, 2.24) is 0 Å². The Hall–Kier alpha value is 0. The molecule has 0 heterocycles. The molecule has 0 heteroatoms. The summed E-state index contributed by atoms with van der Waals surface area (Å²) in [5.74, 6) is 4.91. The maximum absolute atomic E-state index is 2.56. The first-order valence-electron chi connectivity index (χ1n) is 7.41. The molecular formula is C16H30. The second-order valence-electron chi connectivity index (χ2n) is 7.56. The van der Waals surface area contributed by atoms with E-state index in [1.54, 1.807) is 0 Å². The summed E-state index contributed by atoms with van der Waals surface area (Å²) in [7, 11) is 0. The predicted octanol–water partition coefficient (Wildman–Crippen LogP) is 5.13. The van der Waals surface area contributed by atoms with Crippen molar-refractivity contribution in [3.63, 3.8) is 0 Å². The van der Waals surface area contributed by atoms with E-state index in [-0.39, 0.29) is 0 Å². The third kappa shape index (κ3) is 2.17. The van der Waals surface area contributed by atoms with Gasteiger partial charge in [-0.25, -0.2) is 0 Å². The lowest BCUT2D eigenvalue weighted by Crippen LogP contribution is -2.30. The van der Waals surface area contributed by atoms with Crippen molar-refractivity contribution >= 4 is 0 Å². The van der Waals surface area contributed by atoms with Gasteiger partial charge in [-0.1, -0.05) is 41.0 Å². The maximum Gasteiger partial charge on any atom is -0.0297 e. The zero-order valence-corrected chi connectivity index (χ0v) is 11.9. The van der Waals surface area contributed by atoms with Gasteiger partial charge >= 0.3 is 0 Å². The first-order valence-corrected chi connectivity index (χ1v) is 7.41. The fourth-order valence-electron chi connectivity index (χ4n) is 4.28. The minimum atomic E-state index is 0.601. The second-order valence-corrected chi connectivity index (χ2v) is 7.56. The summed E-state index contributed by atoms with van der Waals surface area (Å²) in [5, 5.41) is 0. The Morgan fingerprint density at radius 3 is 1.75 bits per heavy atom. The van der Waals surface area contributed by atoms with Crippen LogP contribution in [0.4, 0.5) is 0 Å². The average molecular weight is 222 g/mol. The summed E-state index contributed by atoms with van der Waals surface area (Å²) in [5.41, 5.74) is 0.601. The lowest BCUT2D eigenvalue weighted by Gasteiger charge is -2.38. The van der Waals surface area contributed by atoms with E-state index in [1.807, 2.05) is 0 Å². The number of hydrogen-bond donors (Lipinski definition) is 0. The van der Waals surface area contributed by atoms with Crippen LogP contribution in [0, 0.1) is 35.0 Å². The van der Waals surface area contributed by atoms with E-state index >= 15 is 0 Å². The summed E-state index contributed by atoms with van der Waals surface area (Å²) < 4.78 is 0. The Morgan fingerprint density at radius 2 is 1.31 bits per heavy atom. The van der Waals surface area contributed by atoms with Gasteiger partial charge in [0.1, 0.15) is 0 Å². The van der Waals surface area contributed by atoms with Crippen molar-refractivity contribution in [3.8, 4) is 0 Å². The van der Waals surface area contributed by atoms with E-state index in [0.29, 0.717) is 5.41 Å². The van der Waals surface area contributed by atoms with Gasteiger partial charge < -0.3 is 0 Å². The molecule has 2 aliphatic rings. The van der Waals surface area contributed by atoms with E-state index in [9.17, 15) is 0 Å². The van der Waals surface area contributed by atoms with E-state index < -0.39 is 0 Å². The molecule has 0 N–H and O–H groups in total. The van der Waals surface area contributed by atoms with Crippen LogP contribution in [0.2, 0.25) is 0 Å². The van der Waals surface area contributed by atoms with Gasteiger partial charge in [0, 0.05) is 0 Å². The molecule has 2 rings (SSSR count). The number of hydrogen-bond acceptors (Lipinski definition) is 0. The molecule has 0 spiro atoms. The molecule has 0 amide bonds. The molecule has 0 aromatic rings. The highest BCUT2D eigenvalue weighted by Crippen LogP contribution is 2.53. The van der Waals surface area contributed by atoms with Gasteiger partial charge in [-0.05, 0) is 60.7 Å². The van der Waals surface area contributed by atoms with Gasteiger partial charge in [0.25, 0.3) is 0 Å². The Kier molecular flexibility index (Phi) is 3.39. The lowest BCUT2D eigenvalue weighted by atomic mass is 9.67. The predicted molar refractivity (Wildman–Crippen MR) is 71.3 cm³/mol. The third-order valence-electron chi connectivity index (χ3n) is 6.08. The van der Waals surface area contributed by atoms with Crippen LogP contribution in [0.1, 0.15) is 66.7 Å². The molecule has 2 saturated carbocycles. The van der Waals surface area contributed by atoms with Crippen LogP contribution in [0.5, 0.6) is 0 Å². The third-order valence-corrected chi connectivity index (χ3v) is 6.08. The molecule has 2 aliphatic carbocycles. The molecule has 0 nitrogen and oxygen atoms in total. The van der Waals surface area contributed by atoms with Gasteiger partial charge in [-0.15, -0.1) is 0 Å². The Bertz CT molecular complexity index is 230. The molecular weight excluding hydrogens is 192 g/mol. The van der Waals surface area contributed by atoms with Crippen LogP contribution < -0.4 is 0 Å². The lowest BCUT2D eigenvalue weighted by molar-refractivity contribution is 0.114. The summed E-state index contributed by atoms with van der Waals surface area (Å²) in [6.07, 6.45) is 7.43. The van der Waals surface area contributed by atoms with Gasteiger partial charge in [0.15, 0.2) is 0 Å². The largest absolute Gasteiger partial charge is 0.0625 e. The van der Waals surface area contributed by atoms with Gasteiger partial charge in [-0.2, -0.15) is 0 Å². The normalized spacial score (nSPS) is 45.2. The Balaban J connectivity index is 2.02. The highest BCUT2D eigenvalue weighted by atomic mass is 14.5. The van der Waals surface area contributed by atoms with Crippen molar-refractivity contribution in [3.05, 3.63) is 0 Å². The van der Waals surface area contributed by atoms with E-state index in [4.69, 9.17) is 0 Å². The molecule has 4 atom stereocenters. The first-order chi connectivity index (χ1) is 7.41. The quantitative estimate of drug-likeness (QED) is 0.607. The molecule has 0 radical (unpaired) electrons. The fourth-order valence-corrected chi connectivity index (χ4v) is 4.28. The molecule has 0 aromatic carbocycles. The zero-order valence-electron chi connectivity index (χ0n) is 11.9. The van der Waals surface area contributed by atoms with Crippen LogP contribution in [0.15, 0.2) is 0 Å². The van der Waals surface area contributed by atoms with Crippen LogP contribution in [0.3, 0.4) is 0 Å². The minimum absolute atomic E-state index is 0.601. The Morgan fingerprint density at radius 1 is 0.750 bits per heavy atom. The van der Waals surface area contributed by atoms with E-state index in [1.165, 1.54) is 32.1 Å². The van der Waals surface area contributed by atoms with Crippen LogP contribution in [-0.2, 0) is 0 Å². The summed E-state index contributed by atoms with van der Waals surface area (Å²) in [6.45, 7) is 12.5. The molecule has 4 unspecified atom stereocenters. The van der Waals surface area contributed by atoms with Crippen LogP contribution >= 0.6 is 0 Å². The summed E-state index contributed by atoms with van der Waals surface area (Å²) >= 11 is 0. The molecule has 0 aromatic heterocycles. The van der Waals surface area contributed by atoms with Crippen molar-refractivity contribution < 1.29 is 0 Å². The van der Waals surface area contributed by atoms with E-state index in [2.05, 4.69) is 34.6 Å². The molecule has 94 valence electrons. The molecule has 0 bridgehead atoms. The zero-order chi connectivity index (χ0) is 11.9. The van der Waals surface area contributed by atoms with Gasteiger partial charge in [0.2, 0.25) is 0 Å². The van der Waals surface area contributed by atoms with Crippen LogP contribution in [-0.4, -0.2) is 0 Å². The van der Waals surface area contributed by atoms with Gasteiger partial charge in [0.05, 0.1) is 0 Å². The van der Waals surface area contributed by atoms with Crippen molar-refractivity contribution in [2.75, 3.05) is 0 Å². The monoisotopic (exact) mass is 222 g/mol. The molecule has 2 fully saturated rings. The molecule has 0 saturated heterocycles. The standard InChI is InChI=1S/C16H30/c1-11-6-7-14(8-11)16(4,5)15-9-12(2)13(3)10-15/h11-15H,6-10H2,1-5H3. The summed E-state index contributed by atoms with van der Waals surface area (Å²) in [6, 6.07) is 0. The number of rotatable bonds is 2. The highest BCUT2D eigenvalue weighted by Gasteiger charge is 2.44. The van der Waals surface area contributed by atoms with Crippen LogP contribution in [0.25, 0.3) is 0 Å². The summed E-state index contributed by atoms with van der Waals surface area (Å²) in [4.78, 5) is 0. The topological polar surface area (TPSA) is 0 Å². The Labute approximate surface area is 102 Å². The smallest absolute Gasteiger partial charge is 0.0297 e. The maximum atomic E-state index is 2.56. The van der Waals surface area contributed by atoms with Gasteiger partial charge in [-0.3, -0.25) is 0 Å². The highest BCUT2D eigenvalue weighted by molar-refractivity contribution is 4.93. The fraction of sp³-hybridized carbons (Fsp3) is 1.00. The van der Waals surface area contributed by atoms with Crippen molar-refractivity contribution in [1.29, 1.82) is 0 Å². The van der Waals surface area contributed by atoms with Crippen molar-refractivity contribution in [2.24, 2.45) is 35.0 Å². The molecule has 0 aliphatic heterocycles. The SMILES string of the molecule is CC1CCC(C(C)(C)C2CC(C)C(C)C2)C1. The van der Waals surface area contributed by atoms with E-state index in [0.717, 1.165) is 29.6 Å². The minimum Gasteiger partial charge on any atom is -0.0625 e. The van der Waals surface area contributed by atoms with Crippen molar-refractivity contribution in [2.45, 2.75) is 66.7 Å². The first kappa shape index (κ1) is 12.5.